The summed E-state index contributed by atoms with van der Waals surface area (Å²) in [6, 6.07) is 0.0726. The van der Waals surface area contributed by atoms with E-state index in [-0.39, 0.29) is 12.1 Å². The molecule has 1 aliphatic rings. The molecule has 5 heteroatoms. The van der Waals surface area contributed by atoms with Crippen molar-refractivity contribution in [3.05, 3.63) is 0 Å². The van der Waals surface area contributed by atoms with E-state index in [1.54, 1.807) is 14.0 Å². The quantitative estimate of drug-likeness (QED) is 0.596. The minimum atomic E-state index is -0.582. The van der Waals surface area contributed by atoms with Gasteiger partial charge in [-0.2, -0.15) is 0 Å². The number of rotatable bonds is 4. The van der Waals surface area contributed by atoms with E-state index in [9.17, 15) is 9.59 Å². The van der Waals surface area contributed by atoms with Crippen LogP contribution in [0.25, 0.3) is 0 Å². The number of nitrogens with one attached hydrogen (secondary N) is 2. The lowest BCUT2D eigenvalue weighted by molar-refractivity contribution is -0.139. The summed E-state index contributed by atoms with van der Waals surface area (Å²) in [5, 5.41) is 5.15. The van der Waals surface area contributed by atoms with Crippen molar-refractivity contribution in [2.75, 3.05) is 13.7 Å². The Morgan fingerprint density at radius 1 is 1.43 bits per heavy atom. The number of carbonyl (C=O) groups is 2. The van der Waals surface area contributed by atoms with Gasteiger partial charge in [-0.3, -0.25) is 9.59 Å². The van der Waals surface area contributed by atoms with Crippen molar-refractivity contribution < 1.29 is 14.3 Å². The van der Waals surface area contributed by atoms with E-state index < -0.39 is 11.8 Å². The number of carbonyl (C=O) groups excluding carboxylic acids is 2. The largest absolute Gasteiger partial charge is 0.383 e. The molecule has 0 aromatic heterocycles. The summed E-state index contributed by atoms with van der Waals surface area (Å²) in [6.45, 7) is 2.19. The first-order valence-electron chi connectivity index (χ1n) is 4.73. The molecule has 1 rings (SSSR count). The number of amides is 2. The molecule has 2 amide bonds. The first-order chi connectivity index (χ1) is 6.63. The highest BCUT2D eigenvalue weighted by Crippen LogP contribution is 2.18. The molecular weight excluding hydrogens is 184 g/mol. The summed E-state index contributed by atoms with van der Waals surface area (Å²) in [6.07, 6.45) is 1.96. The fourth-order valence-corrected chi connectivity index (χ4v) is 1.06. The lowest BCUT2D eigenvalue weighted by Gasteiger charge is -2.11. The van der Waals surface area contributed by atoms with Gasteiger partial charge in [0.1, 0.15) is 0 Å². The van der Waals surface area contributed by atoms with Crippen LogP contribution < -0.4 is 10.6 Å². The van der Waals surface area contributed by atoms with E-state index in [1.807, 2.05) is 0 Å². The summed E-state index contributed by atoms with van der Waals surface area (Å²) in [5.74, 6) is -1.13. The molecule has 0 unspecified atom stereocenters. The summed E-state index contributed by atoms with van der Waals surface area (Å²) >= 11 is 0. The third-order valence-electron chi connectivity index (χ3n) is 1.91. The molecule has 5 nitrogen and oxygen atoms in total. The molecule has 1 atom stereocenters. The van der Waals surface area contributed by atoms with Crippen LogP contribution in [0.4, 0.5) is 0 Å². The molecular formula is C9H16N2O3. The average Bonchev–Trinajstić information content (AvgIpc) is 2.88. The Bertz CT molecular complexity index is 226. The monoisotopic (exact) mass is 200 g/mol. The second-order valence-electron chi connectivity index (χ2n) is 3.58. The third kappa shape index (κ3) is 3.74. The molecule has 2 N–H and O–H groups in total. The van der Waals surface area contributed by atoms with Crippen molar-refractivity contribution in [2.45, 2.75) is 31.8 Å². The van der Waals surface area contributed by atoms with Gasteiger partial charge in [0.05, 0.1) is 6.61 Å². The highest BCUT2D eigenvalue weighted by atomic mass is 16.5. The molecule has 0 saturated heterocycles. The van der Waals surface area contributed by atoms with Crippen LogP contribution in [0.2, 0.25) is 0 Å². The number of hydrogen-bond donors (Lipinski definition) is 2. The fraction of sp³-hybridized carbons (Fsp3) is 0.778. The van der Waals surface area contributed by atoms with Crippen molar-refractivity contribution in [3.63, 3.8) is 0 Å². The highest BCUT2D eigenvalue weighted by Gasteiger charge is 2.26. The Balaban J connectivity index is 2.21. The topological polar surface area (TPSA) is 67.4 Å². The molecule has 1 fully saturated rings. The van der Waals surface area contributed by atoms with Gasteiger partial charge in [0.25, 0.3) is 0 Å². The van der Waals surface area contributed by atoms with E-state index >= 15 is 0 Å². The van der Waals surface area contributed by atoms with Crippen molar-refractivity contribution in [3.8, 4) is 0 Å². The number of hydrogen-bond acceptors (Lipinski definition) is 3. The zero-order valence-electron chi connectivity index (χ0n) is 8.50. The SMILES string of the molecule is COC[C@H](C)NC(=O)C(=O)NC1CC1. The molecule has 0 spiro atoms. The Morgan fingerprint density at radius 2 is 2.07 bits per heavy atom. The highest BCUT2D eigenvalue weighted by molar-refractivity contribution is 6.35. The third-order valence-corrected chi connectivity index (χ3v) is 1.91. The molecule has 14 heavy (non-hydrogen) atoms. The van der Waals surface area contributed by atoms with Crippen molar-refractivity contribution in [1.82, 2.24) is 10.6 Å². The Morgan fingerprint density at radius 3 is 2.57 bits per heavy atom. The molecule has 80 valence electrons. The van der Waals surface area contributed by atoms with Crippen molar-refractivity contribution >= 4 is 11.8 Å². The van der Waals surface area contributed by atoms with Crippen LogP contribution in [0.15, 0.2) is 0 Å². The van der Waals surface area contributed by atoms with Crippen LogP contribution in [0.3, 0.4) is 0 Å². The number of ether oxygens (including phenoxy) is 1. The zero-order chi connectivity index (χ0) is 10.6. The zero-order valence-corrected chi connectivity index (χ0v) is 8.50. The maximum Gasteiger partial charge on any atom is 0.309 e. The fourth-order valence-electron chi connectivity index (χ4n) is 1.06. The van der Waals surface area contributed by atoms with Gasteiger partial charge in [0.15, 0.2) is 0 Å². The Hall–Kier alpha value is -1.10. The van der Waals surface area contributed by atoms with Gasteiger partial charge in [0, 0.05) is 19.2 Å². The molecule has 0 heterocycles. The van der Waals surface area contributed by atoms with Crippen molar-refractivity contribution in [1.29, 1.82) is 0 Å². The first kappa shape index (κ1) is 11.0. The van der Waals surface area contributed by atoms with Gasteiger partial charge in [-0.15, -0.1) is 0 Å². The molecule has 0 aromatic rings. The molecule has 0 bridgehead atoms. The van der Waals surface area contributed by atoms with Crippen LogP contribution in [0.5, 0.6) is 0 Å². The average molecular weight is 200 g/mol. The smallest absolute Gasteiger partial charge is 0.309 e. The van der Waals surface area contributed by atoms with Gasteiger partial charge in [0.2, 0.25) is 0 Å². The summed E-state index contributed by atoms with van der Waals surface area (Å²) in [4.78, 5) is 22.4. The maximum absolute atomic E-state index is 11.2. The van der Waals surface area contributed by atoms with E-state index in [1.165, 1.54) is 0 Å². The van der Waals surface area contributed by atoms with Gasteiger partial charge < -0.3 is 15.4 Å². The molecule has 0 aromatic carbocycles. The van der Waals surface area contributed by atoms with Gasteiger partial charge in [-0.05, 0) is 19.8 Å². The summed E-state index contributed by atoms with van der Waals surface area (Å²) in [7, 11) is 1.55. The summed E-state index contributed by atoms with van der Waals surface area (Å²) in [5.41, 5.74) is 0. The molecule has 0 aliphatic heterocycles. The summed E-state index contributed by atoms with van der Waals surface area (Å²) < 4.78 is 4.83. The Kier molecular flexibility index (Phi) is 3.88. The van der Waals surface area contributed by atoms with Crippen LogP contribution in [-0.4, -0.2) is 37.6 Å². The van der Waals surface area contributed by atoms with E-state index in [4.69, 9.17) is 4.74 Å². The first-order valence-corrected chi connectivity index (χ1v) is 4.73. The second kappa shape index (κ2) is 4.95. The predicted octanol–water partition coefficient (Wildman–Crippen LogP) is -0.584. The molecule has 1 aliphatic carbocycles. The Labute approximate surface area is 83.2 Å². The maximum atomic E-state index is 11.2. The normalized spacial score (nSPS) is 17.3. The van der Waals surface area contributed by atoms with Gasteiger partial charge in [-0.1, -0.05) is 0 Å². The van der Waals surface area contributed by atoms with E-state index in [0.717, 1.165) is 12.8 Å². The minimum Gasteiger partial charge on any atom is -0.383 e. The lowest BCUT2D eigenvalue weighted by atomic mass is 10.3. The van der Waals surface area contributed by atoms with Gasteiger partial charge in [-0.25, -0.2) is 0 Å². The molecule has 0 radical (unpaired) electrons. The van der Waals surface area contributed by atoms with E-state index in [0.29, 0.717) is 6.61 Å². The van der Waals surface area contributed by atoms with E-state index in [2.05, 4.69) is 10.6 Å². The van der Waals surface area contributed by atoms with Crippen LogP contribution in [0.1, 0.15) is 19.8 Å². The second-order valence-corrected chi connectivity index (χ2v) is 3.58. The lowest BCUT2D eigenvalue weighted by Crippen LogP contribution is -2.45. The van der Waals surface area contributed by atoms with Gasteiger partial charge >= 0.3 is 11.8 Å². The molecule has 1 saturated carbocycles. The number of methoxy groups -OCH3 is 1. The van der Waals surface area contributed by atoms with Crippen molar-refractivity contribution in [2.24, 2.45) is 0 Å². The van der Waals surface area contributed by atoms with Crippen LogP contribution in [-0.2, 0) is 14.3 Å². The van der Waals surface area contributed by atoms with Crippen LogP contribution in [0, 0.1) is 0 Å². The standard InChI is InChI=1S/C9H16N2O3/c1-6(5-14-2)10-8(12)9(13)11-7-3-4-7/h6-7H,3-5H2,1-2H3,(H,10,12)(H,11,13)/t6-/m0/s1. The van der Waals surface area contributed by atoms with Crippen LogP contribution >= 0.6 is 0 Å². The minimum absolute atomic E-state index is 0.141. The predicted molar refractivity (Wildman–Crippen MR) is 50.6 cm³/mol.